The summed E-state index contributed by atoms with van der Waals surface area (Å²) in [5.74, 6) is 0.543. The van der Waals surface area contributed by atoms with Crippen LogP contribution in [0.2, 0.25) is 0 Å². The second-order valence-corrected chi connectivity index (χ2v) is 10.3. The number of hydrogen-bond donors (Lipinski definition) is 1. The van der Waals surface area contributed by atoms with Gasteiger partial charge in [0.15, 0.2) is 11.5 Å². The molecule has 5 rings (SSSR count). The standard InChI is InChI=1S/C33H30N2O3S/c1-23-6-5-7-26(20-23)22-35-29-8-3-4-9-30(29)38-31(33(35)37)21-25-10-14-27(15-11-25)32(36)34-19-18-24-12-16-28(39-2)17-13-24/h3-17,20-21H,18-19,22H2,1-2H3,(H,34,36). The summed E-state index contributed by atoms with van der Waals surface area (Å²) < 4.78 is 6.02. The molecule has 0 aliphatic carbocycles. The third-order valence-corrected chi connectivity index (χ3v) is 7.33. The summed E-state index contributed by atoms with van der Waals surface area (Å²) in [6.07, 6.45) is 4.55. The van der Waals surface area contributed by atoms with Gasteiger partial charge >= 0.3 is 0 Å². The molecule has 1 heterocycles. The second-order valence-electron chi connectivity index (χ2n) is 9.43. The molecule has 0 fully saturated rings. The first-order valence-electron chi connectivity index (χ1n) is 12.9. The zero-order chi connectivity index (χ0) is 27.2. The summed E-state index contributed by atoms with van der Waals surface area (Å²) in [4.78, 5) is 29.1. The van der Waals surface area contributed by atoms with E-state index in [1.807, 2.05) is 61.5 Å². The third-order valence-electron chi connectivity index (χ3n) is 6.58. The van der Waals surface area contributed by atoms with E-state index in [2.05, 4.69) is 41.9 Å². The second kappa shape index (κ2) is 12.0. The first kappa shape index (κ1) is 26.3. The van der Waals surface area contributed by atoms with Crippen molar-refractivity contribution < 1.29 is 14.3 Å². The van der Waals surface area contributed by atoms with Gasteiger partial charge in [0, 0.05) is 17.0 Å². The molecule has 0 bridgehead atoms. The van der Waals surface area contributed by atoms with Crippen LogP contribution in [-0.4, -0.2) is 24.6 Å². The highest BCUT2D eigenvalue weighted by Crippen LogP contribution is 2.36. The molecule has 39 heavy (non-hydrogen) atoms. The number of carbonyl (C=O) groups is 2. The quantitative estimate of drug-likeness (QED) is 0.203. The average Bonchev–Trinajstić information content (AvgIpc) is 2.96. The summed E-state index contributed by atoms with van der Waals surface area (Å²) >= 11 is 1.71. The third kappa shape index (κ3) is 6.41. The minimum absolute atomic E-state index is 0.127. The van der Waals surface area contributed by atoms with Gasteiger partial charge < -0.3 is 10.1 Å². The highest BCUT2D eigenvalue weighted by atomic mass is 32.2. The van der Waals surface area contributed by atoms with E-state index in [0.29, 0.717) is 24.4 Å². The molecule has 0 atom stereocenters. The van der Waals surface area contributed by atoms with Crippen LogP contribution in [0.5, 0.6) is 5.75 Å². The molecule has 1 aliphatic heterocycles. The van der Waals surface area contributed by atoms with Crippen molar-refractivity contribution in [1.29, 1.82) is 0 Å². The van der Waals surface area contributed by atoms with Gasteiger partial charge in [-0.25, -0.2) is 0 Å². The van der Waals surface area contributed by atoms with Crippen molar-refractivity contribution in [1.82, 2.24) is 5.32 Å². The fourth-order valence-corrected chi connectivity index (χ4v) is 4.92. The number of carbonyl (C=O) groups excluding carboxylic acids is 2. The normalized spacial score (nSPS) is 13.6. The molecule has 4 aromatic rings. The molecule has 6 heteroatoms. The molecule has 2 amide bonds. The van der Waals surface area contributed by atoms with E-state index in [1.165, 1.54) is 10.5 Å². The smallest absolute Gasteiger partial charge is 0.294 e. The van der Waals surface area contributed by atoms with E-state index < -0.39 is 0 Å². The van der Waals surface area contributed by atoms with Gasteiger partial charge in [-0.3, -0.25) is 14.5 Å². The van der Waals surface area contributed by atoms with Crippen molar-refractivity contribution >= 4 is 35.3 Å². The molecular formula is C33H30N2O3S. The Morgan fingerprint density at radius 1 is 0.923 bits per heavy atom. The SMILES string of the molecule is CSc1ccc(CCNC(=O)c2ccc(C=C3Oc4ccccc4N(Cc4cccc(C)c4)C3=O)cc2)cc1. The number of para-hydroxylation sites is 2. The van der Waals surface area contributed by atoms with E-state index in [0.717, 1.165) is 28.8 Å². The molecule has 0 radical (unpaired) electrons. The fraction of sp³-hybridized carbons (Fsp3) is 0.152. The Balaban J connectivity index is 1.27. The number of thioether (sulfide) groups is 1. The van der Waals surface area contributed by atoms with Gasteiger partial charge in [0.05, 0.1) is 12.2 Å². The van der Waals surface area contributed by atoms with Crippen LogP contribution < -0.4 is 15.0 Å². The molecule has 1 N–H and O–H groups in total. The lowest BCUT2D eigenvalue weighted by molar-refractivity contribution is -0.117. The van der Waals surface area contributed by atoms with Crippen LogP contribution in [0.15, 0.2) is 108 Å². The Bertz CT molecular complexity index is 1510. The largest absolute Gasteiger partial charge is 0.449 e. The van der Waals surface area contributed by atoms with Crippen molar-refractivity contribution in [2.75, 3.05) is 17.7 Å². The van der Waals surface area contributed by atoms with Gasteiger partial charge in [-0.1, -0.05) is 66.2 Å². The average molecular weight is 535 g/mol. The van der Waals surface area contributed by atoms with Crippen LogP contribution in [0.1, 0.15) is 32.6 Å². The summed E-state index contributed by atoms with van der Waals surface area (Å²) in [6, 6.07) is 31.2. The Kier molecular flexibility index (Phi) is 8.13. The number of aryl methyl sites for hydroxylation is 1. The monoisotopic (exact) mass is 534 g/mol. The van der Waals surface area contributed by atoms with Gasteiger partial charge in [-0.2, -0.15) is 0 Å². The van der Waals surface area contributed by atoms with Crippen LogP contribution in [0.3, 0.4) is 0 Å². The van der Waals surface area contributed by atoms with Crippen molar-refractivity contribution in [2.45, 2.75) is 24.8 Å². The molecule has 4 aromatic carbocycles. The minimum Gasteiger partial charge on any atom is -0.449 e. The van der Waals surface area contributed by atoms with E-state index in [4.69, 9.17) is 4.74 Å². The van der Waals surface area contributed by atoms with Gasteiger partial charge in [-0.15, -0.1) is 11.8 Å². The zero-order valence-corrected chi connectivity index (χ0v) is 22.8. The molecule has 0 saturated heterocycles. The molecule has 0 aromatic heterocycles. The molecule has 5 nitrogen and oxygen atoms in total. The van der Waals surface area contributed by atoms with E-state index in [1.54, 1.807) is 34.9 Å². The summed E-state index contributed by atoms with van der Waals surface area (Å²) in [5.41, 5.74) is 5.47. The Morgan fingerprint density at radius 3 is 2.44 bits per heavy atom. The fourth-order valence-electron chi connectivity index (χ4n) is 4.51. The summed E-state index contributed by atoms with van der Waals surface area (Å²) in [7, 11) is 0. The van der Waals surface area contributed by atoms with Crippen molar-refractivity contribution in [3.8, 4) is 5.75 Å². The van der Waals surface area contributed by atoms with Gasteiger partial charge in [0.1, 0.15) is 0 Å². The highest BCUT2D eigenvalue weighted by molar-refractivity contribution is 7.98. The number of fused-ring (bicyclic) bond motifs is 1. The van der Waals surface area contributed by atoms with Crippen LogP contribution >= 0.6 is 11.8 Å². The van der Waals surface area contributed by atoms with Crippen LogP contribution in [0.25, 0.3) is 6.08 Å². The maximum atomic E-state index is 13.5. The number of hydrogen-bond acceptors (Lipinski definition) is 4. The Hall–Kier alpha value is -4.29. The van der Waals surface area contributed by atoms with Crippen LogP contribution in [0.4, 0.5) is 5.69 Å². The van der Waals surface area contributed by atoms with Crippen molar-refractivity contribution in [2.24, 2.45) is 0 Å². The topological polar surface area (TPSA) is 58.6 Å². The Labute approximate surface area is 233 Å². The molecule has 1 aliphatic rings. The number of rotatable bonds is 8. The first-order valence-corrected chi connectivity index (χ1v) is 14.1. The zero-order valence-electron chi connectivity index (χ0n) is 22.0. The molecule has 196 valence electrons. The number of benzene rings is 4. The lowest BCUT2D eigenvalue weighted by atomic mass is 10.1. The predicted octanol–water partition coefficient (Wildman–Crippen LogP) is 6.66. The number of amides is 2. The highest BCUT2D eigenvalue weighted by Gasteiger charge is 2.30. The molecule has 0 spiro atoms. The minimum atomic E-state index is -0.206. The lowest BCUT2D eigenvalue weighted by Gasteiger charge is -2.30. The predicted molar refractivity (Wildman–Crippen MR) is 158 cm³/mol. The number of ether oxygens (including phenoxy) is 1. The molecular weight excluding hydrogens is 504 g/mol. The van der Waals surface area contributed by atoms with Gasteiger partial charge in [0.2, 0.25) is 0 Å². The molecule has 0 saturated carbocycles. The number of nitrogens with one attached hydrogen (secondary N) is 1. The lowest BCUT2D eigenvalue weighted by Crippen LogP contribution is -2.36. The summed E-state index contributed by atoms with van der Waals surface area (Å²) in [6.45, 7) is 3.04. The first-order chi connectivity index (χ1) is 19.0. The summed E-state index contributed by atoms with van der Waals surface area (Å²) in [5, 5.41) is 2.98. The maximum Gasteiger partial charge on any atom is 0.294 e. The molecule has 0 unspecified atom stereocenters. The van der Waals surface area contributed by atoms with Crippen LogP contribution in [0, 0.1) is 6.92 Å². The maximum absolute atomic E-state index is 13.5. The number of anilines is 1. The van der Waals surface area contributed by atoms with Crippen molar-refractivity contribution in [3.63, 3.8) is 0 Å². The number of nitrogens with zero attached hydrogens (tertiary/aromatic N) is 1. The van der Waals surface area contributed by atoms with E-state index in [9.17, 15) is 9.59 Å². The van der Waals surface area contributed by atoms with Crippen LogP contribution in [-0.2, 0) is 17.8 Å². The Morgan fingerprint density at radius 2 is 1.69 bits per heavy atom. The van der Waals surface area contributed by atoms with Gasteiger partial charge in [-0.05, 0) is 78.8 Å². The van der Waals surface area contributed by atoms with E-state index >= 15 is 0 Å². The van der Waals surface area contributed by atoms with Crippen molar-refractivity contribution in [3.05, 3.63) is 131 Å². The van der Waals surface area contributed by atoms with E-state index in [-0.39, 0.29) is 17.6 Å². The van der Waals surface area contributed by atoms with Gasteiger partial charge in [0.25, 0.3) is 11.8 Å².